The molecule has 0 heterocycles. The van der Waals surface area contributed by atoms with Gasteiger partial charge in [0.1, 0.15) is 11.6 Å². The smallest absolute Gasteiger partial charge is 0.328 e. The second-order valence-corrected chi connectivity index (χ2v) is 9.03. The Morgan fingerprint density at radius 1 is 1.00 bits per heavy atom. The molecule has 2 rings (SSSR count). The van der Waals surface area contributed by atoms with E-state index >= 15 is 0 Å². The number of carbonyl (C=O) groups is 2. The molecule has 0 saturated carbocycles. The first-order chi connectivity index (χ1) is 15.1. The highest BCUT2D eigenvalue weighted by Crippen LogP contribution is 2.32. The summed E-state index contributed by atoms with van der Waals surface area (Å²) in [6.07, 6.45) is 2.07. The first-order valence-electron chi connectivity index (χ1n) is 11.1. The van der Waals surface area contributed by atoms with E-state index < -0.39 is 17.6 Å². The minimum atomic E-state index is -0.724. The highest BCUT2D eigenvalue weighted by Gasteiger charge is 2.29. The number of nitrogens with one attached hydrogen (secondary N) is 1. The largest absolute Gasteiger partial charge is 0.458 e. The van der Waals surface area contributed by atoms with Crippen LogP contribution in [0, 0.1) is 0 Å². The number of rotatable bonds is 10. The average molecular weight is 437 g/mol. The molecule has 0 saturated heterocycles. The van der Waals surface area contributed by atoms with Crippen LogP contribution < -0.4 is 5.32 Å². The van der Waals surface area contributed by atoms with Gasteiger partial charge in [-0.3, -0.25) is 9.69 Å². The molecule has 2 aromatic carbocycles. The normalized spacial score (nSPS) is 14.3. The highest BCUT2D eigenvalue weighted by atomic mass is 16.6. The molecule has 0 fully saturated rings. The van der Waals surface area contributed by atoms with Crippen molar-refractivity contribution >= 4 is 11.9 Å². The Morgan fingerprint density at radius 2 is 1.53 bits per heavy atom. The van der Waals surface area contributed by atoms with Crippen LogP contribution in [-0.4, -0.2) is 35.0 Å². The molecule has 0 aliphatic carbocycles. The third kappa shape index (κ3) is 7.65. The zero-order valence-electron chi connectivity index (χ0n) is 19.9. The number of ether oxygens (including phenoxy) is 1. The van der Waals surface area contributed by atoms with Gasteiger partial charge in [0.15, 0.2) is 0 Å². The quantitative estimate of drug-likeness (QED) is 0.410. The van der Waals surface area contributed by atoms with E-state index in [0.29, 0.717) is 6.54 Å². The van der Waals surface area contributed by atoms with E-state index in [1.54, 1.807) is 6.92 Å². The maximum atomic E-state index is 13.0. The summed E-state index contributed by atoms with van der Waals surface area (Å²) in [5.74, 6) is -0.644. The van der Waals surface area contributed by atoms with Crippen LogP contribution in [0.25, 0.3) is 0 Å². The number of hydrogen-bond acceptors (Lipinski definition) is 4. The van der Waals surface area contributed by atoms with Gasteiger partial charge >= 0.3 is 5.97 Å². The number of amides is 1. The van der Waals surface area contributed by atoms with E-state index in [1.807, 2.05) is 75.4 Å². The van der Waals surface area contributed by atoms with Gasteiger partial charge in [0.05, 0.1) is 0 Å². The molecule has 0 unspecified atom stereocenters. The minimum absolute atomic E-state index is 0.0653. The number of esters is 1. The summed E-state index contributed by atoms with van der Waals surface area (Å²) in [4.78, 5) is 27.6. The van der Waals surface area contributed by atoms with Crippen LogP contribution in [0.2, 0.25) is 0 Å². The third-order valence-corrected chi connectivity index (χ3v) is 5.22. The molecule has 5 nitrogen and oxygen atoms in total. The fraction of sp³-hybridized carbons (Fsp3) is 0.407. The monoisotopic (exact) mass is 436 g/mol. The van der Waals surface area contributed by atoms with E-state index in [0.717, 1.165) is 11.1 Å². The summed E-state index contributed by atoms with van der Waals surface area (Å²) in [6, 6.07) is 19.3. The van der Waals surface area contributed by atoms with Crippen LogP contribution >= 0.6 is 0 Å². The number of carbonyl (C=O) groups excluding carboxylic acids is 2. The molecular weight excluding hydrogens is 400 g/mol. The molecule has 3 atom stereocenters. The van der Waals surface area contributed by atoms with Crippen molar-refractivity contribution in [2.24, 2.45) is 0 Å². The first kappa shape index (κ1) is 25.3. The molecular formula is C27H36N2O3. The van der Waals surface area contributed by atoms with Crippen molar-refractivity contribution in [3.8, 4) is 0 Å². The van der Waals surface area contributed by atoms with Crippen LogP contribution in [0.3, 0.4) is 0 Å². The predicted molar refractivity (Wildman–Crippen MR) is 129 cm³/mol. The molecule has 0 aliphatic heterocycles. The predicted octanol–water partition coefficient (Wildman–Crippen LogP) is 5.21. The Kier molecular flexibility index (Phi) is 9.21. The van der Waals surface area contributed by atoms with Crippen molar-refractivity contribution < 1.29 is 14.3 Å². The molecule has 0 radical (unpaired) electrons. The zero-order chi connectivity index (χ0) is 23.7. The first-order valence-corrected chi connectivity index (χ1v) is 11.1. The van der Waals surface area contributed by atoms with Crippen molar-refractivity contribution in [1.82, 2.24) is 10.2 Å². The fourth-order valence-corrected chi connectivity index (χ4v) is 3.65. The Morgan fingerprint density at radius 3 is 2.03 bits per heavy atom. The maximum absolute atomic E-state index is 13.0. The third-order valence-electron chi connectivity index (χ3n) is 5.22. The van der Waals surface area contributed by atoms with Gasteiger partial charge in [0.2, 0.25) is 5.91 Å². The lowest BCUT2D eigenvalue weighted by atomic mass is 9.97. The van der Waals surface area contributed by atoms with Crippen LogP contribution in [-0.2, 0) is 14.3 Å². The molecule has 32 heavy (non-hydrogen) atoms. The van der Waals surface area contributed by atoms with Crippen molar-refractivity contribution in [3.63, 3.8) is 0 Å². The van der Waals surface area contributed by atoms with E-state index in [1.165, 1.54) is 0 Å². The van der Waals surface area contributed by atoms with Gasteiger partial charge in [-0.1, -0.05) is 66.7 Å². The van der Waals surface area contributed by atoms with Crippen molar-refractivity contribution in [2.45, 2.75) is 64.8 Å². The van der Waals surface area contributed by atoms with E-state index in [2.05, 4.69) is 35.9 Å². The Balaban J connectivity index is 2.25. The van der Waals surface area contributed by atoms with Crippen LogP contribution in [0.15, 0.2) is 73.3 Å². The van der Waals surface area contributed by atoms with E-state index in [-0.39, 0.29) is 24.4 Å². The molecule has 2 aromatic rings. The van der Waals surface area contributed by atoms with Crippen LogP contribution in [0.1, 0.15) is 64.3 Å². The van der Waals surface area contributed by atoms with Gasteiger partial charge in [-0.05, 0) is 45.7 Å². The standard InChI is InChI=1S/C27H36N2O3/c1-7-18-29(21(3)22-14-10-8-11-15-22)24(23-16-12-9-13-17-23)19-25(30)28-20(2)26(31)32-27(4,5)6/h7-17,20-21,24H,1,18-19H2,2-6H3,(H,28,30)/t20-,21+,24-/m0/s1. The van der Waals surface area contributed by atoms with Gasteiger partial charge in [-0.15, -0.1) is 6.58 Å². The van der Waals surface area contributed by atoms with Crippen molar-refractivity contribution in [3.05, 3.63) is 84.4 Å². The summed E-state index contributed by atoms with van der Waals surface area (Å²) in [6.45, 7) is 13.8. The lowest BCUT2D eigenvalue weighted by Gasteiger charge is -2.36. The number of hydrogen-bond donors (Lipinski definition) is 1. The minimum Gasteiger partial charge on any atom is -0.458 e. The molecule has 0 spiro atoms. The summed E-state index contributed by atoms with van der Waals surface area (Å²) in [5, 5.41) is 2.81. The topological polar surface area (TPSA) is 58.6 Å². The van der Waals surface area contributed by atoms with Gasteiger partial charge < -0.3 is 10.1 Å². The van der Waals surface area contributed by atoms with Crippen molar-refractivity contribution in [2.75, 3.05) is 6.54 Å². The van der Waals surface area contributed by atoms with E-state index in [4.69, 9.17) is 4.74 Å². The fourth-order valence-electron chi connectivity index (χ4n) is 3.65. The molecule has 5 heteroatoms. The Hall–Kier alpha value is -2.92. The molecule has 1 amide bonds. The summed E-state index contributed by atoms with van der Waals surface area (Å²) >= 11 is 0. The zero-order valence-corrected chi connectivity index (χ0v) is 19.9. The summed E-state index contributed by atoms with van der Waals surface area (Å²) in [5.41, 5.74) is 1.60. The van der Waals surface area contributed by atoms with Gasteiger partial charge in [0, 0.05) is 25.0 Å². The second kappa shape index (κ2) is 11.6. The molecule has 0 bridgehead atoms. The van der Waals surface area contributed by atoms with Gasteiger partial charge in [-0.25, -0.2) is 4.79 Å². The molecule has 0 aromatic heterocycles. The SMILES string of the molecule is C=CCN([C@H](C)c1ccccc1)[C@@H](CC(=O)N[C@@H](C)C(=O)OC(C)(C)C)c1ccccc1. The summed E-state index contributed by atoms with van der Waals surface area (Å²) < 4.78 is 5.39. The maximum Gasteiger partial charge on any atom is 0.328 e. The molecule has 1 N–H and O–H groups in total. The van der Waals surface area contributed by atoms with E-state index in [9.17, 15) is 9.59 Å². The van der Waals surface area contributed by atoms with Gasteiger partial charge in [0.25, 0.3) is 0 Å². The molecule has 172 valence electrons. The average Bonchev–Trinajstić information content (AvgIpc) is 2.75. The number of nitrogens with zero attached hydrogens (tertiary/aromatic N) is 1. The Bertz CT molecular complexity index is 875. The Labute approximate surface area is 192 Å². The van der Waals surface area contributed by atoms with Gasteiger partial charge in [-0.2, -0.15) is 0 Å². The lowest BCUT2D eigenvalue weighted by molar-refractivity contribution is -0.158. The highest BCUT2D eigenvalue weighted by molar-refractivity contribution is 5.84. The second-order valence-electron chi connectivity index (χ2n) is 9.03. The van der Waals surface area contributed by atoms with Crippen LogP contribution in [0.5, 0.6) is 0 Å². The van der Waals surface area contributed by atoms with Crippen LogP contribution in [0.4, 0.5) is 0 Å². The molecule has 0 aliphatic rings. The summed E-state index contributed by atoms with van der Waals surface area (Å²) in [7, 11) is 0. The lowest BCUT2D eigenvalue weighted by Crippen LogP contribution is -2.43. The number of benzene rings is 2. The van der Waals surface area contributed by atoms with Crippen molar-refractivity contribution in [1.29, 1.82) is 0 Å².